The zero-order chi connectivity index (χ0) is 10.4. The van der Waals surface area contributed by atoms with Crippen LogP contribution in [0.5, 0.6) is 0 Å². The van der Waals surface area contributed by atoms with Crippen molar-refractivity contribution in [2.45, 2.75) is 32.3 Å². The Kier molecular flexibility index (Phi) is 4.90. The molecular formula is C10H19NO3. The van der Waals surface area contributed by atoms with Gasteiger partial charge in [-0.1, -0.05) is 6.92 Å². The number of hydrogen-bond donors (Lipinski definition) is 1. The predicted molar refractivity (Wildman–Crippen MR) is 52.9 cm³/mol. The van der Waals surface area contributed by atoms with Gasteiger partial charge >= 0.3 is 0 Å². The van der Waals surface area contributed by atoms with Crippen LogP contribution in [0.3, 0.4) is 0 Å². The molecule has 0 aromatic carbocycles. The number of aliphatic hydroxyl groups is 1. The first-order chi connectivity index (χ1) is 6.77. The first-order valence-electron chi connectivity index (χ1n) is 5.28. The molecule has 0 aromatic rings. The van der Waals surface area contributed by atoms with Crippen molar-refractivity contribution in [3.63, 3.8) is 0 Å². The van der Waals surface area contributed by atoms with Crippen LogP contribution in [0.15, 0.2) is 0 Å². The first-order valence-corrected chi connectivity index (χ1v) is 5.28. The van der Waals surface area contributed by atoms with Crippen LogP contribution in [0.4, 0.5) is 0 Å². The van der Waals surface area contributed by atoms with Crippen molar-refractivity contribution in [3.8, 4) is 0 Å². The van der Waals surface area contributed by atoms with Gasteiger partial charge in [0.25, 0.3) is 0 Å². The van der Waals surface area contributed by atoms with Gasteiger partial charge in [0.05, 0.1) is 6.10 Å². The summed E-state index contributed by atoms with van der Waals surface area (Å²) in [5.41, 5.74) is 0. The van der Waals surface area contributed by atoms with Gasteiger partial charge in [0, 0.05) is 19.7 Å². The van der Waals surface area contributed by atoms with E-state index in [4.69, 9.17) is 9.84 Å². The third-order valence-corrected chi connectivity index (χ3v) is 2.40. The zero-order valence-corrected chi connectivity index (χ0v) is 8.74. The summed E-state index contributed by atoms with van der Waals surface area (Å²) < 4.78 is 5.37. The maximum absolute atomic E-state index is 11.4. The number of morpholine rings is 1. The van der Waals surface area contributed by atoms with Gasteiger partial charge in [-0.15, -0.1) is 0 Å². The third kappa shape index (κ3) is 3.27. The minimum absolute atomic E-state index is 0.0899. The van der Waals surface area contributed by atoms with Gasteiger partial charge < -0.3 is 14.7 Å². The molecule has 0 spiro atoms. The molecule has 82 valence electrons. The van der Waals surface area contributed by atoms with E-state index in [1.807, 2.05) is 4.90 Å². The van der Waals surface area contributed by atoms with E-state index in [1.165, 1.54) is 0 Å². The lowest BCUT2D eigenvalue weighted by molar-refractivity contribution is -0.149. The normalized spacial score (nSPS) is 22.9. The van der Waals surface area contributed by atoms with Crippen molar-refractivity contribution in [2.24, 2.45) is 0 Å². The summed E-state index contributed by atoms with van der Waals surface area (Å²) in [5, 5.41) is 8.68. The number of amides is 1. The lowest BCUT2D eigenvalue weighted by Crippen LogP contribution is -2.46. The summed E-state index contributed by atoms with van der Waals surface area (Å²) in [6.07, 6.45) is 2.69. The van der Waals surface area contributed by atoms with Crippen LogP contribution in [0.1, 0.15) is 26.2 Å². The highest BCUT2D eigenvalue weighted by Crippen LogP contribution is 2.11. The second-order valence-electron chi connectivity index (χ2n) is 3.64. The molecule has 0 aliphatic carbocycles. The molecule has 0 radical (unpaired) electrons. The summed E-state index contributed by atoms with van der Waals surface area (Å²) in [4.78, 5) is 13.2. The van der Waals surface area contributed by atoms with Crippen LogP contribution in [0.2, 0.25) is 0 Å². The van der Waals surface area contributed by atoms with E-state index in [9.17, 15) is 4.79 Å². The van der Waals surface area contributed by atoms with Crippen molar-refractivity contribution in [1.82, 2.24) is 4.90 Å². The SMILES string of the molecule is CCCN1CC(CCCO)OCC1=O. The number of rotatable bonds is 5. The quantitative estimate of drug-likeness (QED) is 0.700. The fraction of sp³-hybridized carbons (Fsp3) is 0.900. The van der Waals surface area contributed by atoms with Crippen LogP contribution >= 0.6 is 0 Å². The molecule has 1 fully saturated rings. The van der Waals surface area contributed by atoms with Crippen molar-refractivity contribution in [2.75, 3.05) is 26.3 Å². The molecule has 1 unspecified atom stereocenters. The molecule has 0 saturated carbocycles. The van der Waals surface area contributed by atoms with Gasteiger partial charge in [-0.3, -0.25) is 4.79 Å². The highest BCUT2D eigenvalue weighted by Gasteiger charge is 2.24. The average Bonchev–Trinajstić information content (AvgIpc) is 2.19. The van der Waals surface area contributed by atoms with Crippen molar-refractivity contribution in [3.05, 3.63) is 0 Å². The molecule has 1 aliphatic heterocycles. The van der Waals surface area contributed by atoms with E-state index < -0.39 is 0 Å². The number of hydrogen-bond acceptors (Lipinski definition) is 3. The monoisotopic (exact) mass is 201 g/mol. The van der Waals surface area contributed by atoms with Gasteiger partial charge in [-0.25, -0.2) is 0 Å². The van der Waals surface area contributed by atoms with Crippen LogP contribution in [-0.2, 0) is 9.53 Å². The molecule has 14 heavy (non-hydrogen) atoms. The number of carbonyl (C=O) groups excluding carboxylic acids is 1. The van der Waals surface area contributed by atoms with Crippen LogP contribution in [0, 0.1) is 0 Å². The third-order valence-electron chi connectivity index (χ3n) is 2.40. The Morgan fingerprint density at radius 3 is 3.07 bits per heavy atom. The van der Waals surface area contributed by atoms with Crippen LogP contribution < -0.4 is 0 Å². The number of nitrogens with zero attached hydrogens (tertiary/aromatic N) is 1. The Morgan fingerprint density at radius 1 is 1.64 bits per heavy atom. The molecule has 4 heteroatoms. The number of carbonyl (C=O) groups is 1. The lowest BCUT2D eigenvalue weighted by Gasteiger charge is -2.32. The maximum Gasteiger partial charge on any atom is 0.248 e. The maximum atomic E-state index is 11.4. The highest BCUT2D eigenvalue weighted by atomic mass is 16.5. The zero-order valence-electron chi connectivity index (χ0n) is 8.74. The van der Waals surface area contributed by atoms with E-state index in [1.54, 1.807) is 0 Å². The molecule has 1 saturated heterocycles. The summed E-state index contributed by atoms with van der Waals surface area (Å²) >= 11 is 0. The van der Waals surface area contributed by atoms with Crippen molar-refractivity contribution < 1.29 is 14.6 Å². The lowest BCUT2D eigenvalue weighted by atomic mass is 10.1. The topological polar surface area (TPSA) is 49.8 Å². The molecular weight excluding hydrogens is 182 g/mol. The highest BCUT2D eigenvalue weighted by molar-refractivity contribution is 5.78. The number of aliphatic hydroxyl groups excluding tert-OH is 1. The Balaban J connectivity index is 2.32. The van der Waals surface area contributed by atoms with Gasteiger partial charge in [0.2, 0.25) is 5.91 Å². The Labute approximate surface area is 84.8 Å². The fourth-order valence-electron chi connectivity index (χ4n) is 1.66. The van der Waals surface area contributed by atoms with Gasteiger partial charge in [-0.2, -0.15) is 0 Å². The smallest absolute Gasteiger partial charge is 0.248 e. The Morgan fingerprint density at radius 2 is 2.43 bits per heavy atom. The van der Waals surface area contributed by atoms with Crippen LogP contribution in [0.25, 0.3) is 0 Å². The van der Waals surface area contributed by atoms with Gasteiger partial charge in [0.15, 0.2) is 0 Å². The molecule has 0 aromatic heterocycles. The van der Waals surface area contributed by atoms with E-state index >= 15 is 0 Å². The van der Waals surface area contributed by atoms with Gasteiger partial charge in [-0.05, 0) is 19.3 Å². The molecule has 1 rings (SSSR count). The van der Waals surface area contributed by atoms with E-state index in [0.717, 1.165) is 25.8 Å². The van der Waals surface area contributed by atoms with E-state index in [0.29, 0.717) is 6.54 Å². The van der Waals surface area contributed by atoms with Gasteiger partial charge in [0.1, 0.15) is 6.61 Å². The fourth-order valence-corrected chi connectivity index (χ4v) is 1.66. The Bertz CT molecular complexity index is 184. The largest absolute Gasteiger partial charge is 0.396 e. The van der Waals surface area contributed by atoms with Crippen LogP contribution in [-0.4, -0.2) is 48.3 Å². The molecule has 1 heterocycles. The van der Waals surface area contributed by atoms with Crippen molar-refractivity contribution in [1.29, 1.82) is 0 Å². The Hall–Kier alpha value is -0.610. The second-order valence-corrected chi connectivity index (χ2v) is 3.64. The second kappa shape index (κ2) is 5.98. The average molecular weight is 201 g/mol. The summed E-state index contributed by atoms with van der Waals surface area (Å²) in [7, 11) is 0. The minimum Gasteiger partial charge on any atom is -0.396 e. The summed E-state index contributed by atoms with van der Waals surface area (Å²) in [5.74, 6) is 0.0899. The predicted octanol–water partition coefficient (Wildman–Crippen LogP) is 0.396. The van der Waals surface area contributed by atoms with Crippen molar-refractivity contribution >= 4 is 5.91 Å². The molecule has 1 aliphatic rings. The molecule has 4 nitrogen and oxygen atoms in total. The number of ether oxygens (including phenoxy) is 1. The standard InChI is InChI=1S/C10H19NO3/c1-2-5-11-7-9(4-3-6-12)14-8-10(11)13/h9,12H,2-8H2,1H3. The van der Waals surface area contributed by atoms with E-state index in [-0.39, 0.29) is 25.2 Å². The molecule has 1 N–H and O–H groups in total. The molecule has 0 bridgehead atoms. The molecule has 1 amide bonds. The first kappa shape index (κ1) is 11.5. The summed E-state index contributed by atoms with van der Waals surface area (Å²) in [6.45, 7) is 3.97. The molecule has 1 atom stereocenters. The summed E-state index contributed by atoms with van der Waals surface area (Å²) in [6, 6.07) is 0. The minimum atomic E-state index is 0.0899. The van der Waals surface area contributed by atoms with E-state index in [2.05, 4.69) is 6.92 Å².